The lowest BCUT2D eigenvalue weighted by Gasteiger charge is -2.42. The van der Waals surface area contributed by atoms with E-state index in [0.717, 1.165) is 10.5 Å². The SMILES string of the molecule is Cc1cc(F)ccc1C1CN(C(C)CO)CCC1C(=O)N(C)Cc1cc(C(F)(F)F)cc(C(F)(F)F)c1. The van der Waals surface area contributed by atoms with E-state index in [2.05, 4.69) is 0 Å². The van der Waals surface area contributed by atoms with Gasteiger partial charge in [-0.05, 0) is 73.8 Å². The predicted molar refractivity (Wildman–Crippen MR) is 123 cm³/mol. The summed E-state index contributed by atoms with van der Waals surface area (Å²) in [4.78, 5) is 16.6. The number of hydrogen-bond acceptors (Lipinski definition) is 3. The Morgan fingerprint density at radius 3 is 2.19 bits per heavy atom. The second-order valence-electron chi connectivity index (χ2n) is 9.64. The second-order valence-corrected chi connectivity index (χ2v) is 9.64. The van der Waals surface area contributed by atoms with Crippen molar-refractivity contribution in [1.29, 1.82) is 0 Å². The van der Waals surface area contributed by atoms with Crippen LogP contribution in [0.4, 0.5) is 30.7 Å². The lowest BCUT2D eigenvalue weighted by Crippen LogP contribution is -2.49. The van der Waals surface area contributed by atoms with E-state index < -0.39 is 53.6 Å². The number of aliphatic hydroxyl groups excluding tert-OH is 1. The number of piperidine rings is 1. The Balaban J connectivity index is 1.92. The van der Waals surface area contributed by atoms with Crippen molar-refractivity contribution in [1.82, 2.24) is 9.80 Å². The van der Waals surface area contributed by atoms with Gasteiger partial charge in [0.05, 0.1) is 17.7 Å². The quantitative estimate of drug-likeness (QED) is 0.490. The van der Waals surface area contributed by atoms with Gasteiger partial charge in [-0.2, -0.15) is 26.3 Å². The first kappa shape index (κ1) is 28.9. The molecule has 1 aliphatic heterocycles. The highest BCUT2D eigenvalue weighted by Crippen LogP contribution is 2.38. The van der Waals surface area contributed by atoms with Gasteiger partial charge >= 0.3 is 12.4 Å². The molecule has 1 heterocycles. The van der Waals surface area contributed by atoms with Gasteiger partial charge in [-0.15, -0.1) is 0 Å². The van der Waals surface area contributed by atoms with Crippen LogP contribution in [-0.2, 0) is 23.7 Å². The average Bonchev–Trinajstić information content (AvgIpc) is 2.81. The van der Waals surface area contributed by atoms with Gasteiger partial charge in [0, 0.05) is 38.0 Å². The molecular weight excluding hydrogens is 505 g/mol. The van der Waals surface area contributed by atoms with Gasteiger partial charge in [0.2, 0.25) is 5.91 Å². The zero-order valence-electron chi connectivity index (χ0n) is 20.6. The van der Waals surface area contributed by atoms with Crippen LogP contribution in [-0.4, -0.2) is 53.6 Å². The molecule has 1 fully saturated rings. The largest absolute Gasteiger partial charge is 0.416 e. The van der Waals surface area contributed by atoms with Crippen LogP contribution in [0.3, 0.4) is 0 Å². The average molecular weight is 535 g/mol. The van der Waals surface area contributed by atoms with Crippen molar-refractivity contribution in [3.63, 3.8) is 0 Å². The molecule has 11 heteroatoms. The number of nitrogens with zero attached hydrogens (tertiary/aromatic N) is 2. The zero-order valence-corrected chi connectivity index (χ0v) is 20.6. The summed E-state index contributed by atoms with van der Waals surface area (Å²) in [6.45, 7) is 3.82. The van der Waals surface area contributed by atoms with E-state index in [1.54, 1.807) is 13.0 Å². The maximum Gasteiger partial charge on any atom is 0.416 e. The summed E-state index contributed by atoms with van der Waals surface area (Å²) in [5.74, 6) is -1.92. The number of amides is 1. The molecule has 0 radical (unpaired) electrons. The fourth-order valence-electron chi connectivity index (χ4n) is 4.90. The summed E-state index contributed by atoms with van der Waals surface area (Å²) in [5, 5.41) is 9.59. The molecule has 0 saturated carbocycles. The summed E-state index contributed by atoms with van der Waals surface area (Å²) in [6.07, 6.45) is -9.62. The normalized spacial score (nSPS) is 20.1. The molecule has 1 N–H and O–H groups in total. The third-order valence-electron chi connectivity index (χ3n) is 6.92. The van der Waals surface area contributed by atoms with Crippen LogP contribution in [0.2, 0.25) is 0 Å². The first-order chi connectivity index (χ1) is 17.1. The highest BCUT2D eigenvalue weighted by atomic mass is 19.4. The van der Waals surface area contributed by atoms with Gasteiger partial charge in [-0.25, -0.2) is 4.39 Å². The van der Waals surface area contributed by atoms with Crippen LogP contribution in [0.25, 0.3) is 0 Å². The highest BCUT2D eigenvalue weighted by Gasteiger charge is 2.40. The van der Waals surface area contributed by atoms with Gasteiger partial charge in [-0.3, -0.25) is 9.69 Å². The van der Waals surface area contributed by atoms with E-state index in [0.29, 0.717) is 37.2 Å². The molecule has 0 bridgehead atoms. The summed E-state index contributed by atoms with van der Waals surface area (Å²) >= 11 is 0. The number of rotatable bonds is 6. The molecule has 3 unspecified atom stereocenters. The van der Waals surface area contributed by atoms with Crippen molar-refractivity contribution in [2.45, 2.75) is 51.1 Å². The van der Waals surface area contributed by atoms with Crippen LogP contribution in [0.1, 0.15) is 47.1 Å². The molecule has 37 heavy (non-hydrogen) atoms. The number of aliphatic hydroxyl groups is 1. The number of halogens is 7. The van der Waals surface area contributed by atoms with E-state index >= 15 is 0 Å². The van der Waals surface area contributed by atoms with Crippen LogP contribution >= 0.6 is 0 Å². The minimum Gasteiger partial charge on any atom is -0.395 e. The van der Waals surface area contributed by atoms with E-state index in [1.165, 1.54) is 19.2 Å². The van der Waals surface area contributed by atoms with Crippen LogP contribution in [0.15, 0.2) is 36.4 Å². The van der Waals surface area contributed by atoms with Crippen molar-refractivity contribution < 1.29 is 40.6 Å². The summed E-state index contributed by atoms with van der Waals surface area (Å²) in [6, 6.07) is 5.31. The standard InChI is InChI=1S/C26H29F7N2O2/c1-15-8-20(27)4-5-21(15)23-13-35(16(2)14-36)7-6-22(23)24(37)34(3)12-17-9-18(25(28,29)30)11-19(10-17)26(31,32)33/h4-5,8-11,16,22-23,36H,6-7,12-14H2,1-3H3. The fraction of sp³-hybridized carbons (Fsp3) is 0.500. The van der Waals surface area contributed by atoms with Gasteiger partial charge in [0.1, 0.15) is 5.82 Å². The highest BCUT2D eigenvalue weighted by molar-refractivity contribution is 5.80. The minimum absolute atomic E-state index is 0.0523. The molecule has 1 amide bonds. The molecule has 0 aromatic heterocycles. The summed E-state index contributed by atoms with van der Waals surface area (Å²) in [5.41, 5.74) is -1.83. The molecule has 3 atom stereocenters. The Morgan fingerprint density at radius 1 is 1.08 bits per heavy atom. The van der Waals surface area contributed by atoms with Crippen molar-refractivity contribution >= 4 is 5.91 Å². The molecule has 1 saturated heterocycles. The number of alkyl halides is 6. The Hall–Kier alpha value is -2.66. The Bertz CT molecular complexity index is 1080. The summed E-state index contributed by atoms with van der Waals surface area (Å²) in [7, 11) is 1.34. The predicted octanol–water partition coefficient (Wildman–Crippen LogP) is 5.62. The van der Waals surface area contributed by atoms with E-state index in [9.17, 15) is 40.6 Å². The minimum atomic E-state index is -4.99. The lowest BCUT2D eigenvalue weighted by atomic mass is 9.78. The van der Waals surface area contributed by atoms with E-state index in [-0.39, 0.29) is 24.3 Å². The van der Waals surface area contributed by atoms with Gasteiger partial charge in [0.15, 0.2) is 0 Å². The Kier molecular flexibility index (Phi) is 8.58. The third-order valence-corrected chi connectivity index (χ3v) is 6.92. The number of carbonyl (C=O) groups is 1. The molecule has 204 valence electrons. The Labute approximate surface area is 210 Å². The Morgan fingerprint density at radius 2 is 1.68 bits per heavy atom. The zero-order chi connectivity index (χ0) is 27.7. The van der Waals surface area contributed by atoms with E-state index in [1.807, 2.05) is 11.8 Å². The van der Waals surface area contributed by atoms with Crippen molar-refractivity contribution in [2.75, 3.05) is 26.7 Å². The van der Waals surface area contributed by atoms with Crippen molar-refractivity contribution in [3.05, 3.63) is 70.0 Å². The number of hydrogen-bond donors (Lipinski definition) is 1. The van der Waals surface area contributed by atoms with Crippen molar-refractivity contribution in [2.24, 2.45) is 5.92 Å². The first-order valence-electron chi connectivity index (χ1n) is 11.8. The molecule has 3 rings (SSSR count). The number of carbonyl (C=O) groups excluding carboxylic acids is 1. The molecule has 1 aliphatic rings. The first-order valence-corrected chi connectivity index (χ1v) is 11.8. The third kappa shape index (κ3) is 6.81. The molecule has 2 aromatic carbocycles. The molecule has 4 nitrogen and oxygen atoms in total. The number of aryl methyl sites for hydroxylation is 1. The topological polar surface area (TPSA) is 43.8 Å². The van der Waals surface area contributed by atoms with E-state index in [4.69, 9.17) is 0 Å². The van der Waals surface area contributed by atoms with Gasteiger partial charge in [0.25, 0.3) is 0 Å². The van der Waals surface area contributed by atoms with Crippen LogP contribution in [0.5, 0.6) is 0 Å². The molecule has 0 aliphatic carbocycles. The van der Waals surface area contributed by atoms with Crippen molar-refractivity contribution in [3.8, 4) is 0 Å². The molecule has 2 aromatic rings. The lowest BCUT2D eigenvalue weighted by molar-refractivity contribution is -0.143. The smallest absolute Gasteiger partial charge is 0.395 e. The number of benzene rings is 2. The fourth-order valence-corrected chi connectivity index (χ4v) is 4.90. The maximum atomic E-state index is 13.8. The van der Waals surface area contributed by atoms with Crippen LogP contribution < -0.4 is 0 Å². The van der Waals surface area contributed by atoms with Gasteiger partial charge < -0.3 is 10.0 Å². The molecular formula is C26H29F7N2O2. The monoisotopic (exact) mass is 534 g/mol. The van der Waals surface area contributed by atoms with Crippen LogP contribution in [0, 0.1) is 18.7 Å². The maximum absolute atomic E-state index is 13.8. The number of likely N-dealkylation sites (tertiary alicyclic amines) is 1. The molecule has 0 spiro atoms. The van der Waals surface area contributed by atoms with Gasteiger partial charge in [-0.1, -0.05) is 6.07 Å². The summed E-state index contributed by atoms with van der Waals surface area (Å²) < 4.78 is 93.3. The second kappa shape index (κ2) is 11.0.